The number of hydrogen-bond donors (Lipinski definition) is 1. The third-order valence-corrected chi connectivity index (χ3v) is 3.94. The summed E-state index contributed by atoms with van der Waals surface area (Å²) in [6, 6.07) is 9.13. The Labute approximate surface area is 140 Å². The molecule has 0 atom stereocenters. The number of likely N-dealkylation sites (N-methyl/N-ethyl adjacent to an activating group) is 1. The molecule has 0 saturated carbocycles. The molecule has 7 heteroatoms. The highest BCUT2D eigenvalue weighted by atomic mass is 16.2. The molecule has 7 nitrogen and oxygen atoms in total. The van der Waals surface area contributed by atoms with E-state index in [1.807, 2.05) is 18.0 Å². The van der Waals surface area contributed by atoms with Crippen molar-refractivity contribution in [1.29, 1.82) is 5.26 Å². The van der Waals surface area contributed by atoms with Gasteiger partial charge in [-0.15, -0.1) is 0 Å². The van der Waals surface area contributed by atoms with Crippen LogP contribution in [0.2, 0.25) is 0 Å². The largest absolute Gasteiger partial charge is 0.336 e. The van der Waals surface area contributed by atoms with Gasteiger partial charge in [0, 0.05) is 44.3 Å². The lowest BCUT2D eigenvalue weighted by Gasteiger charge is -2.32. The van der Waals surface area contributed by atoms with E-state index in [2.05, 4.69) is 26.3 Å². The van der Waals surface area contributed by atoms with Gasteiger partial charge in [-0.2, -0.15) is 5.26 Å². The Morgan fingerprint density at radius 3 is 2.58 bits per heavy atom. The average molecular weight is 322 g/mol. The Bertz CT molecular complexity index is 759. The lowest BCUT2D eigenvalue weighted by molar-refractivity contribution is 0.0663. The van der Waals surface area contributed by atoms with Gasteiger partial charge in [0.15, 0.2) is 0 Å². The summed E-state index contributed by atoms with van der Waals surface area (Å²) in [5, 5.41) is 11.9. The van der Waals surface area contributed by atoms with Gasteiger partial charge in [0.2, 0.25) is 5.95 Å². The predicted molar refractivity (Wildman–Crippen MR) is 89.9 cm³/mol. The number of hydrogen-bond acceptors (Lipinski definition) is 6. The van der Waals surface area contributed by atoms with Crippen LogP contribution in [0.3, 0.4) is 0 Å². The first-order valence-corrected chi connectivity index (χ1v) is 7.73. The first kappa shape index (κ1) is 15.9. The van der Waals surface area contributed by atoms with Gasteiger partial charge in [-0.05, 0) is 25.2 Å². The maximum atomic E-state index is 12.4. The van der Waals surface area contributed by atoms with Crippen LogP contribution in [0.15, 0.2) is 36.7 Å². The highest BCUT2D eigenvalue weighted by Gasteiger charge is 2.20. The number of rotatable bonds is 3. The fraction of sp³-hybridized carbons (Fsp3) is 0.294. The van der Waals surface area contributed by atoms with Crippen molar-refractivity contribution in [3.8, 4) is 6.07 Å². The molecule has 1 aliphatic rings. The molecule has 1 saturated heterocycles. The van der Waals surface area contributed by atoms with Crippen molar-refractivity contribution in [2.45, 2.75) is 0 Å². The molecule has 122 valence electrons. The number of nitrogens with one attached hydrogen (secondary N) is 1. The van der Waals surface area contributed by atoms with Gasteiger partial charge in [-0.25, -0.2) is 9.97 Å². The molecule has 1 aromatic carbocycles. The van der Waals surface area contributed by atoms with Crippen molar-refractivity contribution in [3.63, 3.8) is 0 Å². The zero-order valence-electron chi connectivity index (χ0n) is 13.4. The van der Waals surface area contributed by atoms with Gasteiger partial charge in [-0.3, -0.25) is 4.79 Å². The number of carbonyl (C=O) groups excluding carboxylic acids is 1. The van der Waals surface area contributed by atoms with E-state index < -0.39 is 0 Å². The molecule has 1 amide bonds. The van der Waals surface area contributed by atoms with Crippen LogP contribution in [0, 0.1) is 11.3 Å². The molecule has 1 aliphatic heterocycles. The summed E-state index contributed by atoms with van der Waals surface area (Å²) < 4.78 is 0. The van der Waals surface area contributed by atoms with Gasteiger partial charge < -0.3 is 15.1 Å². The number of piperazine rings is 1. The summed E-state index contributed by atoms with van der Waals surface area (Å²) in [4.78, 5) is 24.8. The lowest BCUT2D eigenvalue weighted by Crippen LogP contribution is -2.47. The van der Waals surface area contributed by atoms with E-state index >= 15 is 0 Å². The van der Waals surface area contributed by atoms with Crippen molar-refractivity contribution >= 4 is 17.5 Å². The van der Waals surface area contributed by atoms with E-state index in [1.165, 1.54) is 12.4 Å². The molecule has 0 unspecified atom stereocenters. The minimum absolute atomic E-state index is 0.0406. The van der Waals surface area contributed by atoms with Crippen LogP contribution < -0.4 is 5.32 Å². The van der Waals surface area contributed by atoms with Crippen molar-refractivity contribution in [1.82, 2.24) is 19.8 Å². The average Bonchev–Trinajstić information content (AvgIpc) is 2.62. The van der Waals surface area contributed by atoms with Crippen molar-refractivity contribution in [2.24, 2.45) is 0 Å². The fourth-order valence-corrected chi connectivity index (χ4v) is 2.49. The second-order valence-corrected chi connectivity index (χ2v) is 5.71. The van der Waals surface area contributed by atoms with E-state index in [4.69, 9.17) is 5.26 Å². The second-order valence-electron chi connectivity index (χ2n) is 5.71. The molecule has 0 aliphatic carbocycles. The van der Waals surface area contributed by atoms with E-state index in [0.717, 1.165) is 31.9 Å². The molecule has 1 fully saturated rings. The Morgan fingerprint density at radius 2 is 1.92 bits per heavy atom. The standard InChI is InChI=1S/C17H18N6O/c1-22-5-7-23(8-6-22)16(24)14-11-19-17(20-12-14)21-15-4-2-3-13(9-15)10-18/h2-4,9,11-12H,5-8H2,1H3,(H,19,20,21). The number of anilines is 2. The lowest BCUT2D eigenvalue weighted by atomic mass is 10.2. The van der Waals surface area contributed by atoms with E-state index in [-0.39, 0.29) is 5.91 Å². The summed E-state index contributed by atoms with van der Waals surface area (Å²) in [6.07, 6.45) is 3.06. The molecular weight excluding hydrogens is 304 g/mol. The van der Waals surface area contributed by atoms with Crippen molar-refractivity contribution in [3.05, 3.63) is 47.8 Å². The minimum atomic E-state index is -0.0406. The number of nitrogens with zero attached hydrogens (tertiary/aromatic N) is 5. The molecular formula is C17H18N6O. The minimum Gasteiger partial charge on any atom is -0.336 e. The molecule has 1 aromatic heterocycles. The number of nitriles is 1. The van der Waals surface area contributed by atoms with Crippen LogP contribution in [0.5, 0.6) is 0 Å². The number of aromatic nitrogens is 2. The van der Waals surface area contributed by atoms with Crippen LogP contribution in [0.25, 0.3) is 0 Å². The predicted octanol–water partition coefficient (Wildman–Crippen LogP) is 1.48. The van der Waals surface area contributed by atoms with Gasteiger partial charge >= 0.3 is 0 Å². The molecule has 3 rings (SSSR count). The first-order chi connectivity index (χ1) is 11.7. The Hall–Kier alpha value is -2.98. The molecule has 0 spiro atoms. The topological polar surface area (TPSA) is 85.1 Å². The van der Waals surface area contributed by atoms with Crippen LogP contribution in [0.4, 0.5) is 11.6 Å². The molecule has 24 heavy (non-hydrogen) atoms. The van der Waals surface area contributed by atoms with Gasteiger partial charge in [0.05, 0.1) is 17.2 Å². The third-order valence-electron chi connectivity index (χ3n) is 3.94. The normalized spacial score (nSPS) is 14.9. The van der Waals surface area contributed by atoms with E-state index in [9.17, 15) is 4.79 Å². The SMILES string of the molecule is CN1CCN(C(=O)c2cnc(Nc3cccc(C#N)c3)nc2)CC1. The van der Waals surface area contributed by atoms with Crippen LogP contribution in [-0.2, 0) is 0 Å². The summed E-state index contributed by atoms with van der Waals surface area (Å²) in [5.41, 5.74) is 1.77. The first-order valence-electron chi connectivity index (χ1n) is 7.73. The summed E-state index contributed by atoms with van der Waals surface area (Å²) in [7, 11) is 2.05. The van der Waals surface area contributed by atoms with Crippen molar-refractivity contribution in [2.75, 3.05) is 38.5 Å². The number of benzene rings is 1. The van der Waals surface area contributed by atoms with Crippen LogP contribution >= 0.6 is 0 Å². The second kappa shape index (κ2) is 7.06. The highest BCUT2D eigenvalue weighted by molar-refractivity contribution is 5.93. The third kappa shape index (κ3) is 3.67. The molecule has 0 radical (unpaired) electrons. The monoisotopic (exact) mass is 322 g/mol. The maximum Gasteiger partial charge on any atom is 0.257 e. The summed E-state index contributed by atoms with van der Waals surface area (Å²) in [5.74, 6) is 0.348. The quantitative estimate of drug-likeness (QED) is 0.921. The number of amides is 1. The van der Waals surface area contributed by atoms with Gasteiger partial charge in [-0.1, -0.05) is 6.07 Å². The molecule has 0 bridgehead atoms. The van der Waals surface area contributed by atoms with Gasteiger partial charge in [0.1, 0.15) is 0 Å². The van der Waals surface area contributed by atoms with Gasteiger partial charge in [0.25, 0.3) is 5.91 Å². The Balaban J connectivity index is 1.67. The maximum absolute atomic E-state index is 12.4. The Kier molecular flexibility index (Phi) is 4.68. The highest BCUT2D eigenvalue weighted by Crippen LogP contribution is 2.15. The molecule has 2 heterocycles. The summed E-state index contributed by atoms with van der Waals surface area (Å²) >= 11 is 0. The smallest absolute Gasteiger partial charge is 0.257 e. The molecule has 1 N–H and O–H groups in total. The summed E-state index contributed by atoms with van der Waals surface area (Å²) in [6.45, 7) is 3.19. The Morgan fingerprint density at radius 1 is 1.21 bits per heavy atom. The number of carbonyl (C=O) groups is 1. The van der Waals surface area contributed by atoms with E-state index in [1.54, 1.807) is 18.2 Å². The fourth-order valence-electron chi connectivity index (χ4n) is 2.49. The van der Waals surface area contributed by atoms with E-state index in [0.29, 0.717) is 17.1 Å². The van der Waals surface area contributed by atoms with Crippen molar-refractivity contribution < 1.29 is 4.79 Å². The zero-order valence-corrected chi connectivity index (χ0v) is 13.4. The zero-order chi connectivity index (χ0) is 16.9. The van der Waals surface area contributed by atoms with Crippen LogP contribution in [-0.4, -0.2) is 58.9 Å². The van der Waals surface area contributed by atoms with Crippen LogP contribution in [0.1, 0.15) is 15.9 Å². The molecule has 2 aromatic rings.